The fourth-order valence-corrected chi connectivity index (χ4v) is 1.57. The molecule has 0 aliphatic carbocycles. The van der Waals surface area contributed by atoms with Crippen molar-refractivity contribution in [2.24, 2.45) is 5.92 Å². The Kier molecular flexibility index (Phi) is 3.57. The molecule has 0 aliphatic heterocycles. The molecule has 1 aromatic heterocycles. The first kappa shape index (κ1) is 9.85. The summed E-state index contributed by atoms with van der Waals surface area (Å²) in [4.78, 5) is 24.8. The molecule has 70 valence electrons. The van der Waals surface area contributed by atoms with Gasteiger partial charge in [-0.3, -0.25) is 4.79 Å². The van der Waals surface area contributed by atoms with Crippen LogP contribution in [0.3, 0.4) is 0 Å². The van der Waals surface area contributed by atoms with Gasteiger partial charge in [-0.2, -0.15) is 0 Å². The molecule has 0 amide bonds. The molecule has 1 N–H and O–H groups in total. The molecule has 0 radical (unpaired) electrons. The van der Waals surface area contributed by atoms with Crippen LogP contribution in [0.4, 0.5) is 0 Å². The van der Waals surface area contributed by atoms with E-state index in [4.69, 9.17) is 5.11 Å². The van der Waals surface area contributed by atoms with Gasteiger partial charge in [-0.1, -0.05) is 0 Å². The number of thiazole rings is 1. The second kappa shape index (κ2) is 4.71. The highest BCUT2D eigenvalue weighted by Crippen LogP contribution is 2.10. The Balaban J connectivity index is 2.49. The highest BCUT2D eigenvalue weighted by atomic mass is 32.1. The molecule has 0 fully saturated rings. The van der Waals surface area contributed by atoms with Crippen LogP contribution in [0, 0.1) is 5.92 Å². The highest BCUT2D eigenvalue weighted by Gasteiger charge is 2.13. The fraction of sp³-hybridized carbons (Fsp3) is 0.375. The molecular formula is C8H9NO3S. The molecule has 0 spiro atoms. The molecule has 0 aromatic carbocycles. The lowest BCUT2D eigenvalue weighted by Crippen LogP contribution is -2.12. The predicted octanol–water partition coefficient (Wildman–Crippen LogP) is 0.975. The van der Waals surface area contributed by atoms with Crippen molar-refractivity contribution in [2.75, 3.05) is 0 Å². The standard InChI is InChI=1S/C8H9NO3S/c10-3-6(2-8(11)12)1-7-4-13-5-9-7/h3-6H,1-2H2,(H,11,12). The maximum Gasteiger partial charge on any atom is 0.304 e. The normalized spacial score (nSPS) is 12.3. The Morgan fingerprint density at radius 1 is 1.77 bits per heavy atom. The Hall–Kier alpha value is -1.23. The molecule has 13 heavy (non-hydrogen) atoms. The second-order valence-corrected chi connectivity index (χ2v) is 3.40. The summed E-state index contributed by atoms with van der Waals surface area (Å²) in [7, 11) is 0. The van der Waals surface area contributed by atoms with Gasteiger partial charge in [0.1, 0.15) is 6.29 Å². The van der Waals surface area contributed by atoms with E-state index in [0.717, 1.165) is 5.69 Å². The molecule has 5 heteroatoms. The zero-order valence-electron chi connectivity index (χ0n) is 6.84. The van der Waals surface area contributed by atoms with Crippen LogP contribution in [0.15, 0.2) is 10.9 Å². The van der Waals surface area contributed by atoms with Crippen LogP contribution < -0.4 is 0 Å². The number of hydrogen-bond acceptors (Lipinski definition) is 4. The summed E-state index contributed by atoms with van der Waals surface area (Å²) in [5.74, 6) is -1.41. The Labute approximate surface area is 79.2 Å². The Morgan fingerprint density at radius 2 is 2.54 bits per heavy atom. The van der Waals surface area contributed by atoms with Gasteiger partial charge in [-0.25, -0.2) is 4.98 Å². The van der Waals surface area contributed by atoms with E-state index < -0.39 is 11.9 Å². The van der Waals surface area contributed by atoms with Crippen molar-refractivity contribution in [1.82, 2.24) is 4.98 Å². The number of aldehydes is 1. The first-order chi connectivity index (χ1) is 6.22. The number of carboxylic acid groups (broad SMARTS) is 1. The van der Waals surface area contributed by atoms with E-state index in [9.17, 15) is 9.59 Å². The van der Waals surface area contributed by atoms with Crippen LogP contribution in [0.5, 0.6) is 0 Å². The zero-order valence-corrected chi connectivity index (χ0v) is 7.66. The van der Waals surface area contributed by atoms with E-state index in [-0.39, 0.29) is 6.42 Å². The van der Waals surface area contributed by atoms with Gasteiger partial charge in [-0.05, 0) is 0 Å². The maximum absolute atomic E-state index is 10.5. The summed E-state index contributed by atoms with van der Waals surface area (Å²) >= 11 is 1.44. The van der Waals surface area contributed by atoms with E-state index in [1.54, 1.807) is 5.51 Å². The number of carbonyl (C=O) groups is 2. The molecule has 0 aliphatic rings. The van der Waals surface area contributed by atoms with Crippen molar-refractivity contribution >= 4 is 23.6 Å². The molecule has 1 aromatic rings. The number of aromatic nitrogens is 1. The van der Waals surface area contributed by atoms with Crippen LogP contribution in [-0.4, -0.2) is 22.3 Å². The van der Waals surface area contributed by atoms with Crippen LogP contribution in [0.25, 0.3) is 0 Å². The number of carboxylic acids is 1. The third kappa shape index (κ3) is 3.33. The smallest absolute Gasteiger partial charge is 0.304 e. The van der Waals surface area contributed by atoms with Gasteiger partial charge in [-0.15, -0.1) is 11.3 Å². The number of carbonyl (C=O) groups excluding carboxylic acids is 1. The van der Waals surface area contributed by atoms with Gasteiger partial charge in [0.25, 0.3) is 0 Å². The molecule has 1 heterocycles. The van der Waals surface area contributed by atoms with E-state index in [1.807, 2.05) is 5.38 Å². The predicted molar refractivity (Wildman–Crippen MR) is 47.6 cm³/mol. The van der Waals surface area contributed by atoms with E-state index in [0.29, 0.717) is 12.7 Å². The van der Waals surface area contributed by atoms with Gasteiger partial charge < -0.3 is 9.90 Å². The Bertz CT molecular complexity index is 284. The summed E-state index contributed by atoms with van der Waals surface area (Å²) < 4.78 is 0. The summed E-state index contributed by atoms with van der Waals surface area (Å²) in [5, 5.41) is 10.3. The Morgan fingerprint density at radius 3 is 3.00 bits per heavy atom. The molecule has 0 saturated heterocycles. The number of rotatable bonds is 5. The highest BCUT2D eigenvalue weighted by molar-refractivity contribution is 7.07. The van der Waals surface area contributed by atoms with Gasteiger partial charge in [0.2, 0.25) is 0 Å². The first-order valence-electron chi connectivity index (χ1n) is 3.76. The van der Waals surface area contributed by atoms with Gasteiger partial charge in [0, 0.05) is 17.7 Å². The molecule has 1 rings (SSSR count). The lowest BCUT2D eigenvalue weighted by molar-refractivity contribution is -0.139. The summed E-state index contributed by atoms with van der Waals surface area (Å²) in [6.45, 7) is 0. The fourth-order valence-electron chi connectivity index (χ4n) is 1.000. The number of aliphatic carboxylic acids is 1. The van der Waals surface area contributed by atoms with Crippen molar-refractivity contribution in [3.63, 3.8) is 0 Å². The summed E-state index contributed by atoms with van der Waals surface area (Å²) in [6.07, 6.45) is 0.966. The topological polar surface area (TPSA) is 67.3 Å². The largest absolute Gasteiger partial charge is 0.481 e. The number of hydrogen-bond donors (Lipinski definition) is 1. The minimum absolute atomic E-state index is 0.124. The molecule has 0 bridgehead atoms. The average molecular weight is 199 g/mol. The van der Waals surface area contributed by atoms with E-state index in [1.165, 1.54) is 11.3 Å². The molecule has 1 atom stereocenters. The van der Waals surface area contributed by atoms with Crippen molar-refractivity contribution in [3.05, 3.63) is 16.6 Å². The van der Waals surface area contributed by atoms with Crippen LogP contribution in [-0.2, 0) is 16.0 Å². The van der Waals surface area contributed by atoms with Gasteiger partial charge in [0.05, 0.1) is 17.6 Å². The molecular weight excluding hydrogens is 190 g/mol. The van der Waals surface area contributed by atoms with Crippen molar-refractivity contribution in [3.8, 4) is 0 Å². The molecule has 4 nitrogen and oxygen atoms in total. The van der Waals surface area contributed by atoms with Crippen LogP contribution in [0.2, 0.25) is 0 Å². The molecule has 1 unspecified atom stereocenters. The SMILES string of the molecule is O=CC(CC(=O)O)Cc1cscn1. The van der Waals surface area contributed by atoms with E-state index >= 15 is 0 Å². The third-order valence-corrected chi connectivity index (χ3v) is 2.22. The molecule has 0 saturated carbocycles. The number of nitrogens with zero attached hydrogens (tertiary/aromatic N) is 1. The summed E-state index contributed by atoms with van der Waals surface area (Å²) in [6, 6.07) is 0. The lowest BCUT2D eigenvalue weighted by Gasteiger charge is -2.03. The quantitative estimate of drug-likeness (QED) is 0.718. The monoisotopic (exact) mass is 199 g/mol. The average Bonchev–Trinajstić information content (AvgIpc) is 2.55. The van der Waals surface area contributed by atoms with Gasteiger partial charge >= 0.3 is 5.97 Å². The van der Waals surface area contributed by atoms with E-state index in [2.05, 4.69) is 4.98 Å². The van der Waals surface area contributed by atoms with Crippen molar-refractivity contribution in [1.29, 1.82) is 0 Å². The second-order valence-electron chi connectivity index (χ2n) is 2.68. The summed E-state index contributed by atoms with van der Waals surface area (Å²) in [5.41, 5.74) is 2.45. The minimum atomic E-state index is -0.952. The third-order valence-electron chi connectivity index (χ3n) is 1.58. The first-order valence-corrected chi connectivity index (χ1v) is 4.71. The minimum Gasteiger partial charge on any atom is -0.481 e. The van der Waals surface area contributed by atoms with Crippen molar-refractivity contribution < 1.29 is 14.7 Å². The van der Waals surface area contributed by atoms with Crippen LogP contribution >= 0.6 is 11.3 Å². The van der Waals surface area contributed by atoms with Crippen molar-refractivity contribution in [2.45, 2.75) is 12.8 Å². The maximum atomic E-state index is 10.5. The zero-order chi connectivity index (χ0) is 9.68. The van der Waals surface area contributed by atoms with Gasteiger partial charge in [0.15, 0.2) is 0 Å². The lowest BCUT2D eigenvalue weighted by atomic mass is 10.0. The van der Waals surface area contributed by atoms with Crippen LogP contribution in [0.1, 0.15) is 12.1 Å².